The third-order valence-electron chi connectivity index (χ3n) is 3.89. The third kappa shape index (κ3) is 4.45. The average Bonchev–Trinajstić information content (AvgIpc) is 2.57. The van der Waals surface area contributed by atoms with E-state index in [4.69, 9.17) is 23.7 Å². The first-order valence-corrected chi connectivity index (χ1v) is 7.74. The van der Waals surface area contributed by atoms with E-state index in [1.807, 2.05) is 24.3 Å². The van der Waals surface area contributed by atoms with Gasteiger partial charge in [0.2, 0.25) is 0 Å². The lowest BCUT2D eigenvalue weighted by Crippen LogP contribution is -2.59. The molecule has 1 aromatic carbocycles. The molecule has 1 saturated heterocycles. The molecule has 0 radical (unpaired) electrons. The second kappa shape index (κ2) is 8.43. The van der Waals surface area contributed by atoms with Gasteiger partial charge in [-0.1, -0.05) is 12.1 Å². The van der Waals surface area contributed by atoms with Crippen LogP contribution in [0.15, 0.2) is 24.3 Å². The summed E-state index contributed by atoms with van der Waals surface area (Å²) >= 11 is 0. The van der Waals surface area contributed by atoms with Gasteiger partial charge in [0.1, 0.15) is 18.0 Å². The maximum Gasteiger partial charge on any atom is 0.303 e. The minimum atomic E-state index is -1.13. The predicted molar refractivity (Wildman–Crippen MR) is 84.5 cm³/mol. The highest BCUT2D eigenvalue weighted by molar-refractivity contribution is 5.66. The topological polar surface area (TPSA) is 83.5 Å². The summed E-state index contributed by atoms with van der Waals surface area (Å²) in [5.74, 6) is 0.255. The van der Waals surface area contributed by atoms with E-state index >= 15 is 0 Å². The van der Waals surface area contributed by atoms with E-state index in [1.54, 1.807) is 14.0 Å². The first-order valence-electron chi connectivity index (χ1n) is 7.74. The van der Waals surface area contributed by atoms with Crippen LogP contribution in [0, 0.1) is 0 Å². The smallest absolute Gasteiger partial charge is 0.303 e. The zero-order valence-electron chi connectivity index (χ0n) is 14.3. The number of carbonyl (C=O) groups excluding carboxylic acids is 1. The zero-order chi connectivity index (χ0) is 17.7. The van der Waals surface area contributed by atoms with E-state index in [0.717, 1.165) is 11.3 Å². The van der Waals surface area contributed by atoms with Crippen LogP contribution in [0.2, 0.25) is 0 Å². The van der Waals surface area contributed by atoms with Gasteiger partial charge < -0.3 is 28.8 Å². The third-order valence-corrected chi connectivity index (χ3v) is 3.89. The van der Waals surface area contributed by atoms with E-state index in [0.29, 0.717) is 0 Å². The maximum atomic E-state index is 11.4. The molecule has 1 heterocycles. The molecule has 1 aliphatic rings. The Kier molecular flexibility index (Phi) is 6.56. The standard InChI is InChI=1S/C17H24O7/c1-10-15(22-9-12-5-7-13(20-3)8-6-12)16(24-11(2)18)14(19)17(21-4)23-10/h5-8,10,14-17,19H,9H2,1-4H3/t10-,14+,15-,16-,17+/m0/s1. The fraction of sp³-hybridized carbons (Fsp3) is 0.588. The van der Waals surface area contributed by atoms with Gasteiger partial charge in [-0.25, -0.2) is 0 Å². The average molecular weight is 340 g/mol. The van der Waals surface area contributed by atoms with Crippen molar-refractivity contribution in [1.29, 1.82) is 0 Å². The summed E-state index contributed by atoms with van der Waals surface area (Å²) in [4.78, 5) is 11.4. The van der Waals surface area contributed by atoms with Crippen LogP contribution in [0.25, 0.3) is 0 Å². The number of hydrogen-bond donors (Lipinski definition) is 1. The molecule has 0 aromatic heterocycles. The normalized spacial score (nSPS) is 30.0. The Morgan fingerprint density at radius 2 is 1.88 bits per heavy atom. The zero-order valence-corrected chi connectivity index (χ0v) is 14.3. The van der Waals surface area contributed by atoms with Gasteiger partial charge in [0, 0.05) is 14.0 Å². The summed E-state index contributed by atoms with van der Waals surface area (Å²) in [6.07, 6.45) is -3.89. The first-order chi connectivity index (χ1) is 11.5. The highest BCUT2D eigenvalue weighted by Crippen LogP contribution is 2.27. The largest absolute Gasteiger partial charge is 0.497 e. The van der Waals surface area contributed by atoms with Crippen LogP contribution in [0.5, 0.6) is 5.75 Å². The Morgan fingerprint density at radius 3 is 2.42 bits per heavy atom. The van der Waals surface area contributed by atoms with Crippen LogP contribution >= 0.6 is 0 Å². The van der Waals surface area contributed by atoms with Gasteiger partial charge in [0.25, 0.3) is 0 Å². The number of methoxy groups -OCH3 is 2. The Labute approximate surface area is 141 Å². The monoisotopic (exact) mass is 340 g/mol. The van der Waals surface area contributed by atoms with Gasteiger partial charge in [-0.15, -0.1) is 0 Å². The molecule has 0 spiro atoms. The SMILES string of the molecule is COc1ccc(CO[C@@H]2[C@@H](OC(C)=O)[C@@H](O)[C@H](OC)O[C@H]2C)cc1. The Balaban J connectivity index is 2.07. The molecule has 0 amide bonds. The van der Waals surface area contributed by atoms with Gasteiger partial charge >= 0.3 is 5.97 Å². The summed E-state index contributed by atoms with van der Waals surface area (Å²) in [6, 6.07) is 7.42. The van der Waals surface area contributed by atoms with Crippen molar-refractivity contribution in [3.05, 3.63) is 29.8 Å². The van der Waals surface area contributed by atoms with Gasteiger partial charge in [-0.2, -0.15) is 0 Å². The van der Waals surface area contributed by atoms with E-state index in [-0.39, 0.29) is 6.61 Å². The molecule has 24 heavy (non-hydrogen) atoms. The molecule has 1 aromatic rings. The van der Waals surface area contributed by atoms with Crippen LogP contribution in [0.4, 0.5) is 0 Å². The summed E-state index contributed by atoms with van der Waals surface area (Å²) in [6.45, 7) is 3.35. The van der Waals surface area contributed by atoms with Crippen LogP contribution in [-0.4, -0.2) is 56.0 Å². The number of carbonyl (C=O) groups is 1. The van der Waals surface area contributed by atoms with Crippen molar-refractivity contribution in [1.82, 2.24) is 0 Å². The summed E-state index contributed by atoms with van der Waals surface area (Å²) in [5.41, 5.74) is 0.924. The summed E-state index contributed by atoms with van der Waals surface area (Å²) < 4.78 is 26.9. The van der Waals surface area contributed by atoms with Gasteiger partial charge in [0.05, 0.1) is 19.8 Å². The van der Waals surface area contributed by atoms with Crippen molar-refractivity contribution >= 4 is 5.97 Å². The Hall–Kier alpha value is -1.67. The van der Waals surface area contributed by atoms with Crippen molar-refractivity contribution in [3.63, 3.8) is 0 Å². The van der Waals surface area contributed by atoms with Crippen molar-refractivity contribution in [3.8, 4) is 5.75 Å². The van der Waals surface area contributed by atoms with Crippen molar-refractivity contribution in [2.24, 2.45) is 0 Å². The van der Waals surface area contributed by atoms with E-state index in [1.165, 1.54) is 14.0 Å². The molecule has 2 rings (SSSR count). The molecule has 0 saturated carbocycles. The van der Waals surface area contributed by atoms with E-state index in [9.17, 15) is 9.90 Å². The molecular formula is C17H24O7. The molecule has 7 nitrogen and oxygen atoms in total. The molecule has 1 aliphatic heterocycles. The van der Waals surface area contributed by atoms with Crippen molar-refractivity contribution in [2.45, 2.75) is 51.2 Å². The number of ether oxygens (including phenoxy) is 5. The van der Waals surface area contributed by atoms with Gasteiger partial charge in [-0.3, -0.25) is 4.79 Å². The minimum absolute atomic E-state index is 0.282. The quantitative estimate of drug-likeness (QED) is 0.781. The second-order valence-corrected chi connectivity index (χ2v) is 5.63. The first kappa shape index (κ1) is 18.7. The fourth-order valence-corrected chi connectivity index (χ4v) is 2.65. The number of aliphatic hydroxyl groups excluding tert-OH is 1. The molecule has 1 N–H and O–H groups in total. The number of esters is 1. The lowest BCUT2D eigenvalue weighted by Gasteiger charge is -2.42. The molecule has 1 fully saturated rings. The summed E-state index contributed by atoms with van der Waals surface area (Å²) in [5, 5.41) is 10.3. The fourth-order valence-electron chi connectivity index (χ4n) is 2.65. The number of aliphatic hydroxyl groups is 1. The lowest BCUT2D eigenvalue weighted by atomic mass is 9.99. The molecule has 0 aliphatic carbocycles. The van der Waals surface area contributed by atoms with Gasteiger partial charge in [0.15, 0.2) is 12.4 Å². The Morgan fingerprint density at radius 1 is 1.21 bits per heavy atom. The van der Waals surface area contributed by atoms with Crippen LogP contribution < -0.4 is 4.74 Å². The molecular weight excluding hydrogens is 316 g/mol. The van der Waals surface area contributed by atoms with Crippen LogP contribution in [0.3, 0.4) is 0 Å². The molecule has 5 atom stereocenters. The van der Waals surface area contributed by atoms with Crippen molar-refractivity contribution < 1.29 is 33.6 Å². The van der Waals surface area contributed by atoms with Crippen LogP contribution in [0.1, 0.15) is 19.4 Å². The molecule has 134 valence electrons. The number of hydrogen-bond acceptors (Lipinski definition) is 7. The number of benzene rings is 1. The Bertz CT molecular complexity index is 530. The summed E-state index contributed by atoms with van der Waals surface area (Å²) in [7, 11) is 3.02. The van der Waals surface area contributed by atoms with Crippen molar-refractivity contribution in [2.75, 3.05) is 14.2 Å². The van der Waals surface area contributed by atoms with E-state index in [2.05, 4.69) is 0 Å². The second-order valence-electron chi connectivity index (χ2n) is 5.63. The van der Waals surface area contributed by atoms with Crippen LogP contribution in [-0.2, 0) is 30.3 Å². The van der Waals surface area contributed by atoms with E-state index < -0.39 is 36.7 Å². The maximum absolute atomic E-state index is 11.4. The molecule has 7 heteroatoms. The number of rotatable bonds is 6. The lowest BCUT2D eigenvalue weighted by molar-refractivity contribution is -0.297. The molecule has 0 unspecified atom stereocenters. The highest BCUT2D eigenvalue weighted by atomic mass is 16.7. The van der Waals surface area contributed by atoms with Gasteiger partial charge in [-0.05, 0) is 24.6 Å². The molecule has 0 bridgehead atoms. The predicted octanol–water partition coefficient (Wildman–Crippen LogP) is 1.26. The highest BCUT2D eigenvalue weighted by Gasteiger charge is 2.46. The minimum Gasteiger partial charge on any atom is -0.497 e.